The molecule has 0 spiro atoms. The summed E-state index contributed by atoms with van der Waals surface area (Å²) in [4.78, 5) is 25.3. The number of unbranched alkanes of at least 4 members (excludes halogenated alkanes) is 1. The number of aliphatic carboxylic acids is 1. The van der Waals surface area contributed by atoms with Crippen LogP contribution in [0.1, 0.15) is 58.3 Å². The van der Waals surface area contributed by atoms with E-state index in [4.69, 9.17) is 0 Å². The highest BCUT2D eigenvalue weighted by Gasteiger charge is 2.41. The minimum absolute atomic E-state index is 0.00150. The molecule has 1 amide bonds. The number of carbonyl (C=O) groups excluding carboxylic acids is 2. The van der Waals surface area contributed by atoms with Crippen LogP contribution < -0.4 is 5.11 Å². The van der Waals surface area contributed by atoms with Crippen LogP contribution in [0.3, 0.4) is 0 Å². The van der Waals surface area contributed by atoms with Crippen molar-refractivity contribution in [3.05, 3.63) is 0 Å². The Morgan fingerprint density at radius 2 is 1.95 bits per heavy atom. The number of nitrogens with zero attached hydrogens (tertiary/aromatic N) is 1. The van der Waals surface area contributed by atoms with Gasteiger partial charge in [0.1, 0.15) is 0 Å². The Morgan fingerprint density at radius 1 is 1.25 bits per heavy atom. The molecule has 2 atom stereocenters. The lowest BCUT2D eigenvalue weighted by atomic mass is 9.88. The van der Waals surface area contributed by atoms with Gasteiger partial charge in [0, 0.05) is 12.2 Å². The minimum atomic E-state index is -1.10. The van der Waals surface area contributed by atoms with E-state index in [1.54, 1.807) is 16.7 Å². The lowest BCUT2D eigenvalue weighted by Gasteiger charge is -2.36. The van der Waals surface area contributed by atoms with E-state index < -0.39 is 12.0 Å². The molecule has 1 heterocycles. The molecule has 1 aliphatic carbocycles. The Hall–Kier alpha value is -0.710. The Balaban J connectivity index is 2.08. The van der Waals surface area contributed by atoms with E-state index in [0.717, 1.165) is 25.7 Å². The standard InChI is InChI=1S/C15H25NO3S/c1-2-3-9-13(17)16-12(15(18)19)10-20-14(16)11-7-5-4-6-8-11/h11-12,14H,2-10H2,1H3,(H,18,19)/p-1/t12-,14-/m0/s1. The molecule has 1 saturated carbocycles. The number of thioether (sulfide) groups is 1. The number of hydrogen-bond donors (Lipinski definition) is 0. The normalized spacial score (nSPS) is 27.8. The highest BCUT2D eigenvalue weighted by atomic mass is 32.2. The fourth-order valence-corrected chi connectivity index (χ4v) is 4.91. The lowest BCUT2D eigenvalue weighted by Crippen LogP contribution is -2.52. The van der Waals surface area contributed by atoms with E-state index in [1.165, 1.54) is 19.3 Å². The Labute approximate surface area is 125 Å². The topological polar surface area (TPSA) is 60.4 Å². The number of amides is 1. The molecule has 2 fully saturated rings. The highest BCUT2D eigenvalue weighted by Crippen LogP contribution is 2.40. The second-order valence-corrected chi connectivity index (χ2v) is 7.01. The van der Waals surface area contributed by atoms with Gasteiger partial charge in [-0.3, -0.25) is 4.79 Å². The molecule has 4 nitrogen and oxygen atoms in total. The van der Waals surface area contributed by atoms with Crippen LogP contribution in [0.15, 0.2) is 0 Å². The average Bonchev–Trinajstić information content (AvgIpc) is 2.90. The van der Waals surface area contributed by atoms with Gasteiger partial charge < -0.3 is 14.8 Å². The van der Waals surface area contributed by atoms with Crippen molar-refractivity contribution in [2.24, 2.45) is 5.92 Å². The van der Waals surface area contributed by atoms with Gasteiger partial charge in [-0.2, -0.15) is 0 Å². The van der Waals surface area contributed by atoms with Gasteiger partial charge in [-0.05, 0) is 25.2 Å². The summed E-state index contributed by atoms with van der Waals surface area (Å²) in [6, 6.07) is -0.726. The SMILES string of the molecule is CCCCC(=O)N1[C@H](C(=O)[O-])CS[C@H]1C1CCCCC1. The predicted molar refractivity (Wildman–Crippen MR) is 78.0 cm³/mol. The fourth-order valence-electron chi connectivity index (χ4n) is 3.26. The van der Waals surface area contributed by atoms with Crippen molar-refractivity contribution in [2.45, 2.75) is 69.7 Å². The largest absolute Gasteiger partial charge is 0.548 e. The molecule has 0 bridgehead atoms. The molecule has 0 unspecified atom stereocenters. The maximum absolute atomic E-state index is 12.4. The number of carboxylic acid groups (broad SMARTS) is 1. The van der Waals surface area contributed by atoms with Crippen LogP contribution in [0.5, 0.6) is 0 Å². The molecule has 1 aliphatic heterocycles. The molecule has 5 heteroatoms. The molecule has 20 heavy (non-hydrogen) atoms. The first-order valence-corrected chi connectivity index (χ1v) is 8.83. The predicted octanol–water partition coefficient (Wildman–Crippen LogP) is 1.78. The van der Waals surface area contributed by atoms with E-state index in [1.807, 2.05) is 6.92 Å². The van der Waals surface area contributed by atoms with E-state index in [9.17, 15) is 14.7 Å². The van der Waals surface area contributed by atoms with Crippen LogP contribution in [0.2, 0.25) is 0 Å². The van der Waals surface area contributed by atoms with Crippen LogP contribution >= 0.6 is 11.8 Å². The van der Waals surface area contributed by atoms with Crippen molar-refractivity contribution in [3.63, 3.8) is 0 Å². The first-order valence-electron chi connectivity index (χ1n) is 7.78. The maximum Gasteiger partial charge on any atom is 0.224 e. The first-order chi connectivity index (χ1) is 9.65. The molecule has 2 aliphatic rings. The van der Waals surface area contributed by atoms with Gasteiger partial charge in [-0.25, -0.2) is 0 Å². The summed E-state index contributed by atoms with van der Waals surface area (Å²) >= 11 is 1.64. The van der Waals surface area contributed by atoms with Crippen molar-refractivity contribution >= 4 is 23.6 Å². The van der Waals surface area contributed by atoms with Crippen LogP contribution in [-0.4, -0.2) is 33.9 Å². The lowest BCUT2D eigenvalue weighted by molar-refractivity contribution is -0.310. The molecular formula is C15H24NO3S-. The van der Waals surface area contributed by atoms with Crippen molar-refractivity contribution in [2.75, 3.05) is 5.75 Å². The summed E-state index contributed by atoms with van der Waals surface area (Å²) in [7, 11) is 0. The van der Waals surface area contributed by atoms with Crippen LogP contribution in [0.25, 0.3) is 0 Å². The van der Waals surface area contributed by atoms with Crippen molar-refractivity contribution in [1.82, 2.24) is 4.90 Å². The number of carbonyl (C=O) groups is 2. The molecule has 2 rings (SSSR count). The summed E-state index contributed by atoms with van der Waals surface area (Å²) in [6.45, 7) is 2.04. The maximum atomic E-state index is 12.4. The van der Waals surface area contributed by atoms with Crippen LogP contribution in [0.4, 0.5) is 0 Å². The Morgan fingerprint density at radius 3 is 2.55 bits per heavy atom. The van der Waals surface area contributed by atoms with Gasteiger partial charge in [0.15, 0.2) is 0 Å². The zero-order valence-corrected chi connectivity index (χ0v) is 13.0. The van der Waals surface area contributed by atoms with Gasteiger partial charge in [-0.1, -0.05) is 32.6 Å². The second-order valence-electron chi connectivity index (χ2n) is 5.86. The van der Waals surface area contributed by atoms with Crippen molar-refractivity contribution in [3.8, 4) is 0 Å². The third kappa shape index (κ3) is 3.48. The summed E-state index contributed by atoms with van der Waals surface area (Å²) in [6.07, 6.45) is 8.16. The molecule has 0 aromatic carbocycles. The second kappa shape index (κ2) is 7.34. The fraction of sp³-hybridized carbons (Fsp3) is 0.867. The van der Waals surface area contributed by atoms with E-state index in [-0.39, 0.29) is 11.3 Å². The van der Waals surface area contributed by atoms with E-state index in [0.29, 0.717) is 18.1 Å². The van der Waals surface area contributed by atoms with Crippen LogP contribution in [-0.2, 0) is 9.59 Å². The summed E-state index contributed by atoms with van der Waals surface area (Å²) in [5.41, 5.74) is 0. The zero-order valence-electron chi connectivity index (χ0n) is 12.2. The summed E-state index contributed by atoms with van der Waals surface area (Å²) in [5.74, 6) is -0.146. The smallest absolute Gasteiger partial charge is 0.224 e. The van der Waals surface area contributed by atoms with E-state index >= 15 is 0 Å². The zero-order chi connectivity index (χ0) is 14.5. The number of rotatable bonds is 5. The first kappa shape index (κ1) is 15.7. The van der Waals surface area contributed by atoms with Gasteiger partial charge >= 0.3 is 0 Å². The van der Waals surface area contributed by atoms with Gasteiger partial charge in [0.05, 0.1) is 17.4 Å². The van der Waals surface area contributed by atoms with E-state index in [2.05, 4.69) is 0 Å². The summed E-state index contributed by atoms with van der Waals surface area (Å²) < 4.78 is 0. The molecule has 0 aromatic heterocycles. The van der Waals surface area contributed by atoms with Gasteiger partial charge in [0.25, 0.3) is 0 Å². The van der Waals surface area contributed by atoms with Gasteiger partial charge in [-0.15, -0.1) is 11.8 Å². The molecule has 0 N–H and O–H groups in total. The molecule has 0 radical (unpaired) electrons. The monoisotopic (exact) mass is 298 g/mol. The molecule has 0 aromatic rings. The minimum Gasteiger partial charge on any atom is -0.548 e. The number of carboxylic acids is 1. The molecule has 1 saturated heterocycles. The van der Waals surface area contributed by atoms with Crippen molar-refractivity contribution in [1.29, 1.82) is 0 Å². The highest BCUT2D eigenvalue weighted by molar-refractivity contribution is 8.00. The third-order valence-electron chi connectivity index (χ3n) is 4.39. The average molecular weight is 298 g/mol. The molecule has 114 valence electrons. The third-order valence-corrected chi connectivity index (χ3v) is 5.85. The quantitative estimate of drug-likeness (QED) is 0.776. The van der Waals surface area contributed by atoms with Gasteiger partial charge in [0.2, 0.25) is 5.91 Å². The Bertz CT molecular complexity index is 355. The van der Waals surface area contributed by atoms with Crippen LogP contribution in [0, 0.1) is 5.92 Å². The number of hydrogen-bond acceptors (Lipinski definition) is 4. The molecular weight excluding hydrogens is 274 g/mol. The van der Waals surface area contributed by atoms with Crippen molar-refractivity contribution < 1.29 is 14.7 Å². The summed E-state index contributed by atoms with van der Waals surface area (Å²) in [5, 5.41) is 11.4. The Kier molecular flexibility index (Phi) is 5.75.